The Labute approximate surface area is 96.4 Å². The van der Waals surface area contributed by atoms with E-state index in [1.165, 1.54) is 0 Å². The highest BCUT2D eigenvalue weighted by atomic mass is 79.9. The van der Waals surface area contributed by atoms with Crippen LogP contribution in [-0.2, 0) is 5.67 Å². The highest BCUT2D eigenvalue weighted by molar-refractivity contribution is 9.10. The summed E-state index contributed by atoms with van der Waals surface area (Å²) >= 11 is 5.26. The normalized spacial score (nSPS) is 20.7. The van der Waals surface area contributed by atoms with Gasteiger partial charge in [0.15, 0.2) is 0 Å². The van der Waals surface area contributed by atoms with E-state index in [1.807, 2.05) is 36.0 Å². The van der Waals surface area contributed by atoms with Crippen LogP contribution in [-0.4, -0.2) is 11.5 Å². The van der Waals surface area contributed by atoms with E-state index in [0.717, 1.165) is 21.5 Å². The second kappa shape index (κ2) is 4.23. The average molecular weight is 275 g/mol. The largest absolute Gasteiger partial charge is 0.239 e. The summed E-state index contributed by atoms with van der Waals surface area (Å²) in [5.41, 5.74) is -0.286. The van der Waals surface area contributed by atoms with Crippen LogP contribution in [0.3, 0.4) is 0 Å². The van der Waals surface area contributed by atoms with Crippen molar-refractivity contribution in [2.45, 2.75) is 18.5 Å². The van der Waals surface area contributed by atoms with Crippen molar-refractivity contribution in [1.82, 2.24) is 0 Å². The molecule has 0 atom stereocenters. The molecule has 2 rings (SSSR count). The van der Waals surface area contributed by atoms with Crippen LogP contribution < -0.4 is 0 Å². The number of thioether (sulfide) groups is 1. The van der Waals surface area contributed by atoms with Gasteiger partial charge in [0.05, 0.1) is 0 Å². The molecule has 76 valence electrons. The Bertz CT molecular complexity index is 321. The molecule has 0 aromatic heterocycles. The maximum Gasteiger partial charge on any atom is 0.138 e. The van der Waals surface area contributed by atoms with E-state index in [1.54, 1.807) is 0 Å². The smallest absolute Gasteiger partial charge is 0.138 e. The van der Waals surface area contributed by atoms with Gasteiger partial charge in [0.25, 0.3) is 0 Å². The van der Waals surface area contributed by atoms with E-state index in [-0.39, 0.29) is 0 Å². The minimum absolute atomic E-state index is 0.639. The summed E-state index contributed by atoms with van der Waals surface area (Å²) in [6.45, 7) is 0. The second-order valence-electron chi connectivity index (χ2n) is 3.56. The van der Waals surface area contributed by atoms with Crippen LogP contribution in [0.15, 0.2) is 28.7 Å². The number of halogens is 2. The molecule has 1 aliphatic rings. The third kappa shape index (κ3) is 1.98. The Balaban J connectivity index is 2.32. The van der Waals surface area contributed by atoms with E-state index in [2.05, 4.69) is 15.9 Å². The van der Waals surface area contributed by atoms with Crippen LogP contribution in [0.25, 0.3) is 0 Å². The molecule has 0 spiro atoms. The molecule has 1 aromatic rings. The molecule has 0 aliphatic carbocycles. The molecule has 0 saturated carbocycles. The second-order valence-corrected chi connectivity index (χ2v) is 5.64. The molecular weight excluding hydrogens is 263 g/mol. The van der Waals surface area contributed by atoms with Gasteiger partial charge in [-0.25, -0.2) is 4.39 Å². The third-order valence-corrected chi connectivity index (χ3v) is 4.32. The Morgan fingerprint density at radius 2 is 1.86 bits per heavy atom. The van der Waals surface area contributed by atoms with E-state index >= 15 is 0 Å². The van der Waals surface area contributed by atoms with Gasteiger partial charge in [-0.3, -0.25) is 0 Å². The zero-order valence-corrected chi connectivity index (χ0v) is 10.2. The predicted octanol–water partition coefficient (Wildman–Crippen LogP) is 4.14. The lowest BCUT2D eigenvalue weighted by Gasteiger charge is -2.30. The number of benzene rings is 1. The summed E-state index contributed by atoms with van der Waals surface area (Å²) in [7, 11) is 0. The Morgan fingerprint density at radius 3 is 2.50 bits per heavy atom. The van der Waals surface area contributed by atoms with Crippen LogP contribution in [0.5, 0.6) is 0 Å². The SMILES string of the molecule is FC1(c2ccccc2Br)CCSCC1. The highest BCUT2D eigenvalue weighted by Gasteiger charge is 2.35. The maximum absolute atomic E-state index is 14.5. The molecule has 14 heavy (non-hydrogen) atoms. The zero-order chi connectivity index (χ0) is 10.0. The Morgan fingerprint density at radius 1 is 1.21 bits per heavy atom. The van der Waals surface area contributed by atoms with Crippen molar-refractivity contribution in [3.8, 4) is 0 Å². The number of hydrogen-bond donors (Lipinski definition) is 0. The van der Waals surface area contributed by atoms with Crippen molar-refractivity contribution in [3.05, 3.63) is 34.3 Å². The van der Waals surface area contributed by atoms with Gasteiger partial charge >= 0.3 is 0 Å². The molecule has 1 saturated heterocycles. The molecule has 1 heterocycles. The Kier molecular flexibility index (Phi) is 3.17. The molecule has 0 amide bonds. The summed E-state index contributed by atoms with van der Waals surface area (Å²) in [5.74, 6) is 1.86. The van der Waals surface area contributed by atoms with Gasteiger partial charge < -0.3 is 0 Å². The van der Waals surface area contributed by atoms with Gasteiger partial charge in [-0.2, -0.15) is 11.8 Å². The highest BCUT2D eigenvalue weighted by Crippen LogP contribution is 2.42. The quantitative estimate of drug-likeness (QED) is 0.742. The van der Waals surface area contributed by atoms with Crippen molar-refractivity contribution in [2.24, 2.45) is 0 Å². The minimum Gasteiger partial charge on any atom is -0.239 e. The van der Waals surface area contributed by atoms with Gasteiger partial charge in [0, 0.05) is 10.0 Å². The van der Waals surface area contributed by atoms with Gasteiger partial charge in [-0.15, -0.1) is 0 Å². The first kappa shape index (κ1) is 10.5. The molecular formula is C11H12BrFS. The summed E-state index contributed by atoms with van der Waals surface area (Å²) < 4.78 is 15.4. The van der Waals surface area contributed by atoms with Crippen molar-refractivity contribution in [2.75, 3.05) is 11.5 Å². The van der Waals surface area contributed by atoms with E-state index in [9.17, 15) is 4.39 Å². The van der Waals surface area contributed by atoms with E-state index < -0.39 is 5.67 Å². The molecule has 0 bridgehead atoms. The first-order valence-electron chi connectivity index (χ1n) is 4.74. The number of rotatable bonds is 1. The summed E-state index contributed by atoms with van der Waals surface area (Å²) in [6, 6.07) is 7.64. The zero-order valence-electron chi connectivity index (χ0n) is 7.80. The molecule has 0 radical (unpaired) electrons. The molecule has 0 nitrogen and oxygen atoms in total. The van der Waals surface area contributed by atoms with E-state index in [0.29, 0.717) is 12.8 Å². The summed E-state index contributed by atoms with van der Waals surface area (Å²) in [4.78, 5) is 0. The third-order valence-electron chi connectivity index (χ3n) is 2.64. The number of hydrogen-bond acceptors (Lipinski definition) is 1. The lowest BCUT2D eigenvalue weighted by atomic mass is 9.90. The van der Waals surface area contributed by atoms with Gasteiger partial charge in [-0.05, 0) is 30.4 Å². The summed E-state index contributed by atoms with van der Waals surface area (Å²) in [6.07, 6.45) is 1.28. The van der Waals surface area contributed by atoms with Gasteiger partial charge in [-0.1, -0.05) is 34.1 Å². The molecule has 1 aliphatic heterocycles. The van der Waals surface area contributed by atoms with E-state index in [4.69, 9.17) is 0 Å². The first-order valence-corrected chi connectivity index (χ1v) is 6.69. The van der Waals surface area contributed by atoms with Crippen molar-refractivity contribution >= 4 is 27.7 Å². The van der Waals surface area contributed by atoms with Crippen LogP contribution in [0, 0.1) is 0 Å². The fourth-order valence-electron chi connectivity index (χ4n) is 1.79. The van der Waals surface area contributed by atoms with Crippen LogP contribution >= 0.6 is 27.7 Å². The van der Waals surface area contributed by atoms with Crippen molar-refractivity contribution in [1.29, 1.82) is 0 Å². The minimum atomic E-state index is -1.11. The van der Waals surface area contributed by atoms with Crippen LogP contribution in [0.2, 0.25) is 0 Å². The average Bonchev–Trinajstić information content (AvgIpc) is 2.19. The predicted molar refractivity (Wildman–Crippen MR) is 63.5 cm³/mol. The number of alkyl halides is 1. The topological polar surface area (TPSA) is 0 Å². The Hall–Kier alpha value is -0.0200. The monoisotopic (exact) mass is 274 g/mol. The standard InChI is InChI=1S/C11H12BrFS/c12-10-4-2-1-3-9(10)11(13)5-7-14-8-6-11/h1-4H,5-8H2. The molecule has 3 heteroatoms. The molecule has 1 fully saturated rings. The maximum atomic E-state index is 14.5. The summed E-state index contributed by atoms with van der Waals surface area (Å²) in [5, 5.41) is 0. The van der Waals surface area contributed by atoms with Crippen molar-refractivity contribution < 1.29 is 4.39 Å². The van der Waals surface area contributed by atoms with Crippen LogP contribution in [0.1, 0.15) is 18.4 Å². The van der Waals surface area contributed by atoms with Crippen molar-refractivity contribution in [3.63, 3.8) is 0 Å². The van der Waals surface area contributed by atoms with Gasteiger partial charge in [0.1, 0.15) is 5.67 Å². The lowest BCUT2D eigenvalue weighted by Crippen LogP contribution is -2.26. The van der Waals surface area contributed by atoms with Gasteiger partial charge in [0.2, 0.25) is 0 Å². The van der Waals surface area contributed by atoms with Crippen LogP contribution in [0.4, 0.5) is 4.39 Å². The first-order chi connectivity index (χ1) is 6.72. The molecule has 0 N–H and O–H groups in total. The molecule has 1 aromatic carbocycles. The lowest BCUT2D eigenvalue weighted by molar-refractivity contribution is 0.150. The fraction of sp³-hybridized carbons (Fsp3) is 0.455. The fourth-order valence-corrected chi connectivity index (χ4v) is 3.57. The molecule has 0 unspecified atom stereocenters.